The van der Waals surface area contributed by atoms with Crippen LogP contribution in [-0.2, 0) is 12.8 Å². The number of phenols is 1. The van der Waals surface area contributed by atoms with Crippen molar-refractivity contribution in [1.82, 2.24) is 14.9 Å². The van der Waals surface area contributed by atoms with Gasteiger partial charge in [0.2, 0.25) is 4.77 Å². The van der Waals surface area contributed by atoms with E-state index in [1.807, 2.05) is 24.3 Å². The number of nitrogens with one attached hydrogen (secondary N) is 1. The van der Waals surface area contributed by atoms with Crippen molar-refractivity contribution in [2.75, 3.05) is 0 Å². The molecule has 23 heavy (non-hydrogen) atoms. The maximum Gasteiger partial charge on any atom is 0.216 e. The topological polar surface area (TPSA) is 66.2 Å². The van der Waals surface area contributed by atoms with E-state index >= 15 is 0 Å². The van der Waals surface area contributed by atoms with Crippen molar-refractivity contribution in [2.24, 2.45) is 5.10 Å². The molecule has 5 nitrogen and oxygen atoms in total. The van der Waals surface area contributed by atoms with Crippen LogP contribution in [0.5, 0.6) is 5.75 Å². The highest BCUT2D eigenvalue weighted by Crippen LogP contribution is 2.10. The van der Waals surface area contributed by atoms with Gasteiger partial charge < -0.3 is 5.11 Å². The molecule has 0 atom stereocenters. The highest BCUT2D eigenvalue weighted by Gasteiger charge is 2.05. The Kier molecular flexibility index (Phi) is 4.63. The van der Waals surface area contributed by atoms with E-state index in [9.17, 15) is 5.11 Å². The molecule has 0 radical (unpaired) electrons. The van der Waals surface area contributed by atoms with Crippen LogP contribution in [0.2, 0.25) is 0 Å². The molecule has 0 unspecified atom stereocenters. The minimum absolute atomic E-state index is 0.203. The molecule has 0 aliphatic rings. The zero-order valence-corrected chi connectivity index (χ0v) is 13.2. The number of aryl methyl sites for hydroxylation is 2. The Balaban J connectivity index is 1.77. The van der Waals surface area contributed by atoms with Crippen LogP contribution in [0.4, 0.5) is 0 Å². The summed E-state index contributed by atoms with van der Waals surface area (Å²) < 4.78 is 2.06. The predicted molar refractivity (Wildman–Crippen MR) is 92.4 cm³/mol. The molecular weight excluding hydrogens is 308 g/mol. The lowest BCUT2D eigenvalue weighted by Gasteiger charge is -2.02. The average Bonchev–Trinajstić information content (AvgIpc) is 2.92. The smallest absolute Gasteiger partial charge is 0.216 e. The van der Waals surface area contributed by atoms with Crippen LogP contribution < -0.4 is 0 Å². The zero-order valence-electron chi connectivity index (χ0n) is 12.4. The Morgan fingerprint density at radius 1 is 1.13 bits per heavy atom. The van der Waals surface area contributed by atoms with Crippen molar-refractivity contribution in [3.8, 4) is 5.75 Å². The molecule has 0 spiro atoms. The van der Waals surface area contributed by atoms with Crippen LogP contribution in [0, 0.1) is 4.77 Å². The Morgan fingerprint density at radius 3 is 2.74 bits per heavy atom. The molecule has 1 heterocycles. The fourth-order valence-corrected chi connectivity index (χ4v) is 2.43. The Bertz CT molecular complexity index is 868. The largest absolute Gasteiger partial charge is 0.508 e. The molecule has 116 valence electrons. The summed E-state index contributed by atoms with van der Waals surface area (Å²) in [5.41, 5.74) is 2.03. The molecule has 0 aliphatic carbocycles. The number of rotatable bonds is 5. The number of nitrogens with zero attached hydrogens (tertiary/aromatic N) is 3. The number of benzene rings is 2. The molecule has 0 aliphatic heterocycles. The first kappa shape index (κ1) is 15.2. The van der Waals surface area contributed by atoms with E-state index in [1.54, 1.807) is 29.1 Å². The van der Waals surface area contributed by atoms with E-state index < -0.39 is 0 Å². The fraction of sp³-hybridized carbons (Fsp3) is 0.118. The van der Waals surface area contributed by atoms with Gasteiger partial charge in [-0.25, -0.2) is 0 Å². The highest BCUT2D eigenvalue weighted by atomic mass is 32.1. The lowest BCUT2D eigenvalue weighted by molar-refractivity contribution is 0.475. The second kappa shape index (κ2) is 7.02. The molecule has 6 heteroatoms. The quantitative estimate of drug-likeness (QED) is 0.559. The molecule has 3 rings (SSSR count). The molecule has 2 aromatic carbocycles. The first-order valence-corrected chi connectivity index (χ1v) is 7.67. The van der Waals surface area contributed by atoms with Gasteiger partial charge in [-0.3, -0.25) is 5.10 Å². The van der Waals surface area contributed by atoms with Crippen LogP contribution >= 0.6 is 12.2 Å². The van der Waals surface area contributed by atoms with E-state index in [2.05, 4.69) is 27.4 Å². The second-order valence-corrected chi connectivity index (χ2v) is 5.47. The molecular formula is C17H16N4OS. The van der Waals surface area contributed by atoms with Gasteiger partial charge >= 0.3 is 0 Å². The van der Waals surface area contributed by atoms with E-state index in [0.29, 0.717) is 4.77 Å². The molecule has 3 aromatic rings. The van der Waals surface area contributed by atoms with Gasteiger partial charge in [0.05, 0.1) is 6.21 Å². The van der Waals surface area contributed by atoms with Crippen LogP contribution in [-0.4, -0.2) is 26.2 Å². The Hall–Kier alpha value is -2.73. The van der Waals surface area contributed by atoms with Gasteiger partial charge in [-0.1, -0.05) is 42.5 Å². The van der Waals surface area contributed by atoms with Gasteiger partial charge in [0.1, 0.15) is 5.75 Å². The Labute approximate surface area is 138 Å². The van der Waals surface area contributed by atoms with Gasteiger partial charge in [-0.05, 0) is 41.9 Å². The van der Waals surface area contributed by atoms with E-state index in [0.717, 1.165) is 24.2 Å². The lowest BCUT2D eigenvalue weighted by Crippen LogP contribution is -2.01. The molecule has 0 fully saturated rings. The van der Waals surface area contributed by atoms with Crippen molar-refractivity contribution in [2.45, 2.75) is 12.8 Å². The monoisotopic (exact) mass is 324 g/mol. The summed E-state index contributed by atoms with van der Waals surface area (Å²) in [4.78, 5) is 0. The first-order valence-electron chi connectivity index (χ1n) is 7.26. The lowest BCUT2D eigenvalue weighted by atomic mass is 10.1. The van der Waals surface area contributed by atoms with E-state index in [4.69, 9.17) is 12.2 Å². The van der Waals surface area contributed by atoms with Crippen molar-refractivity contribution in [3.63, 3.8) is 0 Å². The molecule has 1 aromatic heterocycles. The van der Waals surface area contributed by atoms with Crippen LogP contribution in [0.15, 0.2) is 59.7 Å². The third-order valence-corrected chi connectivity index (χ3v) is 3.65. The Morgan fingerprint density at radius 2 is 1.96 bits per heavy atom. The summed E-state index contributed by atoms with van der Waals surface area (Å²) >= 11 is 5.23. The number of aromatic amines is 1. The number of hydrogen-bond donors (Lipinski definition) is 2. The van der Waals surface area contributed by atoms with Crippen LogP contribution in [0.1, 0.15) is 17.0 Å². The van der Waals surface area contributed by atoms with Gasteiger partial charge in [-0.15, -0.1) is 0 Å². The zero-order chi connectivity index (χ0) is 16.1. The normalized spacial score (nSPS) is 11.1. The summed E-state index contributed by atoms with van der Waals surface area (Å²) in [6.07, 6.45) is 3.24. The summed E-state index contributed by atoms with van der Waals surface area (Å²) in [6, 6.07) is 17.1. The van der Waals surface area contributed by atoms with E-state index in [1.165, 1.54) is 5.56 Å². The number of H-pyrrole nitrogens is 1. The van der Waals surface area contributed by atoms with Crippen LogP contribution in [0.25, 0.3) is 0 Å². The number of aromatic hydroxyl groups is 1. The summed E-state index contributed by atoms with van der Waals surface area (Å²) in [5, 5.41) is 20.9. The minimum atomic E-state index is 0.203. The maximum atomic E-state index is 9.48. The van der Waals surface area contributed by atoms with Gasteiger partial charge in [0.15, 0.2) is 5.82 Å². The fourth-order valence-electron chi connectivity index (χ4n) is 2.24. The molecule has 0 saturated carbocycles. The minimum Gasteiger partial charge on any atom is -0.508 e. The average molecular weight is 324 g/mol. The number of phenolic OH excluding ortho intramolecular Hbond substituents is 1. The van der Waals surface area contributed by atoms with Crippen molar-refractivity contribution >= 4 is 18.4 Å². The molecule has 0 amide bonds. The molecule has 0 saturated heterocycles. The highest BCUT2D eigenvalue weighted by molar-refractivity contribution is 7.71. The number of aromatic nitrogens is 3. The van der Waals surface area contributed by atoms with E-state index in [-0.39, 0.29) is 5.75 Å². The summed E-state index contributed by atoms with van der Waals surface area (Å²) in [7, 11) is 0. The maximum absolute atomic E-state index is 9.48. The summed E-state index contributed by atoms with van der Waals surface area (Å²) in [6.45, 7) is 0. The van der Waals surface area contributed by atoms with Crippen molar-refractivity contribution < 1.29 is 5.11 Å². The van der Waals surface area contributed by atoms with Gasteiger partial charge in [0.25, 0.3) is 0 Å². The predicted octanol–water partition coefficient (Wildman–Crippen LogP) is 3.31. The summed E-state index contributed by atoms with van der Waals surface area (Å²) in [5.74, 6) is 0.976. The first-order chi connectivity index (χ1) is 11.2. The SMILES string of the molecule is Oc1cccc(/C=N\n2c(CCc3ccccc3)n[nH]c2=S)c1. The number of hydrogen-bond acceptors (Lipinski definition) is 4. The third-order valence-electron chi connectivity index (χ3n) is 3.39. The van der Waals surface area contributed by atoms with Gasteiger partial charge in [0, 0.05) is 6.42 Å². The van der Waals surface area contributed by atoms with Crippen LogP contribution in [0.3, 0.4) is 0 Å². The standard InChI is InChI=1S/C17H16N4OS/c22-15-8-4-7-14(11-15)12-18-21-16(19-20-17(21)23)10-9-13-5-2-1-3-6-13/h1-8,11-12,22H,9-10H2,(H,20,23)/b18-12-. The van der Waals surface area contributed by atoms with Crippen molar-refractivity contribution in [1.29, 1.82) is 0 Å². The molecule has 2 N–H and O–H groups in total. The third kappa shape index (κ3) is 3.92. The van der Waals surface area contributed by atoms with Gasteiger partial charge in [-0.2, -0.15) is 14.9 Å². The second-order valence-electron chi connectivity index (χ2n) is 5.08. The molecule has 0 bridgehead atoms. The van der Waals surface area contributed by atoms with Crippen molar-refractivity contribution in [3.05, 3.63) is 76.3 Å².